The zero-order valence-corrected chi connectivity index (χ0v) is 9.46. The average Bonchev–Trinajstić information content (AvgIpc) is 2.31. The van der Waals surface area contributed by atoms with Crippen molar-refractivity contribution in [1.82, 2.24) is 0 Å². The SMILES string of the molecule is NCCOCC(=O)Nc1c(O)cccc1[N+](=O)[O-]. The molecule has 0 spiro atoms. The Labute approximate surface area is 103 Å². The summed E-state index contributed by atoms with van der Waals surface area (Å²) in [4.78, 5) is 21.4. The van der Waals surface area contributed by atoms with Crippen molar-refractivity contribution in [3.8, 4) is 5.75 Å². The van der Waals surface area contributed by atoms with Gasteiger partial charge < -0.3 is 20.9 Å². The van der Waals surface area contributed by atoms with Crippen LogP contribution in [-0.4, -0.2) is 35.7 Å². The molecule has 98 valence electrons. The number of nitro groups is 1. The molecule has 0 aliphatic carbocycles. The second-order valence-electron chi connectivity index (χ2n) is 3.32. The van der Waals surface area contributed by atoms with Gasteiger partial charge in [0.1, 0.15) is 12.4 Å². The Morgan fingerprint density at radius 2 is 2.28 bits per heavy atom. The number of phenols is 1. The maximum absolute atomic E-state index is 11.4. The molecule has 4 N–H and O–H groups in total. The largest absolute Gasteiger partial charge is 0.505 e. The van der Waals surface area contributed by atoms with Crippen molar-refractivity contribution < 1.29 is 19.6 Å². The van der Waals surface area contributed by atoms with E-state index in [4.69, 9.17) is 10.5 Å². The lowest BCUT2D eigenvalue weighted by atomic mass is 10.2. The van der Waals surface area contributed by atoms with Gasteiger partial charge in [-0.05, 0) is 6.07 Å². The van der Waals surface area contributed by atoms with Crippen molar-refractivity contribution in [2.75, 3.05) is 25.1 Å². The highest BCUT2D eigenvalue weighted by Crippen LogP contribution is 2.32. The smallest absolute Gasteiger partial charge is 0.296 e. The number of hydrogen-bond donors (Lipinski definition) is 3. The summed E-state index contributed by atoms with van der Waals surface area (Å²) in [5.74, 6) is -0.982. The predicted octanol–water partition coefficient (Wildman–Crippen LogP) is 0.214. The van der Waals surface area contributed by atoms with E-state index in [1.165, 1.54) is 18.2 Å². The number of para-hydroxylation sites is 1. The van der Waals surface area contributed by atoms with Crippen molar-refractivity contribution in [3.05, 3.63) is 28.3 Å². The molecule has 8 heteroatoms. The van der Waals surface area contributed by atoms with Gasteiger partial charge in [0.05, 0.1) is 11.5 Å². The van der Waals surface area contributed by atoms with Gasteiger partial charge in [-0.25, -0.2) is 0 Å². The summed E-state index contributed by atoms with van der Waals surface area (Å²) >= 11 is 0. The van der Waals surface area contributed by atoms with Gasteiger partial charge in [-0.15, -0.1) is 0 Å². The average molecular weight is 255 g/mol. The van der Waals surface area contributed by atoms with Gasteiger partial charge in [0, 0.05) is 12.6 Å². The number of rotatable bonds is 6. The maximum Gasteiger partial charge on any atom is 0.296 e. The number of nitrogens with one attached hydrogen (secondary N) is 1. The van der Waals surface area contributed by atoms with Gasteiger partial charge in [0.2, 0.25) is 0 Å². The first-order valence-electron chi connectivity index (χ1n) is 5.10. The lowest BCUT2D eigenvalue weighted by Gasteiger charge is -2.07. The lowest BCUT2D eigenvalue weighted by Crippen LogP contribution is -2.21. The number of anilines is 1. The Balaban J connectivity index is 2.77. The van der Waals surface area contributed by atoms with E-state index in [2.05, 4.69) is 5.32 Å². The number of nitrogens with zero attached hydrogens (tertiary/aromatic N) is 1. The molecule has 0 bridgehead atoms. The van der Waals surface area contributed by atoms with E-state index < -0.39 is 10.8 Å². The van der Waals surface area contributed by atoms with E-state index in [1.807, 2.05) is 0 Å². The number of ether oxygens (including phenoxy) is 1. The first-order valence-corrected chi connectivity index (χ1v) is 5.10. The number of hydrogen-bond acceptors (Lipinski definition) is 6. The van der Waals surface area contributed by atoms with Crippen LogP contribution < -0.4 is 11.1 Å². The Bertz CT molecular complexity index is 449. The Hall–Kier alpha value is -2.19. The summed E-state index contributed by atoms with van der Waals surface area (Å²) in [6.45, 7) is 0.184. The molecule has 0 atom stereocenters. The summed E-state index contributed by atoms with van der Waals surface area (Å²) < 4.78 is 4.87. The van der Waals surface area contributed by atoms with Crippen LogP contribution in [0.2, 0.25) is 0 Å². The number of carbonyl (C=O) groups is 1. The van der Waals surface area contributed by atoms with Crippen LogP contribution in [0.15, 0.2) is 18.2 Å². The first kappa shape index (κ1) is 13.9. The molecular formula is C10H13N3O5. The quantitative estimate of drug-likeness (QED) is 0.288. The van der Waals surface area contributed by atoms with Gasteiger partial charge in [0.15, 0.2) is 5.69 Å². The van der Waals surface area contributed by atoms with Crippen LogP contribution in [0.3, 0.4) is 0 Å². The number of benzene rings is 1. The summed E-state index contributed by atoms with van der Waals surface area (Å²) in [5.41, 5.74) is 4.54. The number of nitro benzene ring substituents is 1. The van der Waals surface area contributed by atoms with E-state index in [9.17, 15) is 20.0 Å². The van der Waals surface area contributed by atoms with Gasteiger partial charge in [-0.3, -0.25) is 14.9 Å². The van der Waals surface area contributed by atoms with Crippen molar-refractivity contribution in [2.24, 2.45) is 5.73 Å². The third kappa shape index (κ3) is 3.68. The second-order valence-corrected chi connectivity index (χ2v) is 3.32. The van der Waals surface area contributed by atoms with Crippen LogP contribution in [0.4, 0.5) is 11.4 Å². The summed E-state index contributed by atoms with van der Waals surface area (Å²) in [6.07, 6.45) is 0. The second kappa shape index (κ2) is 6.52. The van der Waals surface area contributed by atoms with Crippen LogP contribution in [-0.2, 0) is 9.53 Å². The Kier molecular flexibility index (Phi) is 5.03. The zero-order chi connectivity index (χ0) is 13.5. The molecule has 0 saturated carbocycles. The van der Waals surface area contributed by atoms with Crippen molar-refractivity contribution in [1.29, 1.82) is 0 Å². The number of phenolic OH excluding ortho intramolecular Hbond substituents is 1. The monoisotopic (exact) mass is 255 g/mol. The van der Waals surface area contributed by atoms with Crippen molar-refractivity contribution in [3.63, 3.8) is 0 Å². The summed E-state index contributed by atoms with van der Waals surface area (Å²) in [7, 11) is 0. The lowest BCUT2D eigenvalue weighted by molar-refractivity contribution is -0.384. The molecule has 0 aliphatic heterocycles. The molecule has 0 heterocycles. The molecule has 8 nitrogen and oxygen atoms in total. The van der Waals surface area contributed by atoms with E-state index in [0.717, 1.165) is 0 Å². The van der Waals surface area contributed by atoms with Crippen LogP contribution in [0.25, 0.3) is 0 Å². The predicted molar refractivity (Wildman–Crippen MR) is 63.3 cm³/mol. The van der Waals surface area contributed by atoms with Gasteiger partial charge in [-0.2, -0.15) is 0 Å². The van der Waals surface area contributed by atoms with Crippen LogP contribution >= 0.6 is 0 Å². The molecule has 0 aliphatic rings. The third-order valence-electron chi connectivity index (χ3n) is 1.98. The highest BCUT2D eigenvalue weighted by Gasteiger charge is 2.19. The molecule has 1 rings (SSSR count). The standard InChI is InChI=1S/C10H13N3O5/c11-4-5-18-6-9(15)12-10-7(13(16)17)2-1-3-8(10)14/h1-3,14H,4-6,11H2,(H,12,15). The normalized spacial score (nSPS) is 10.1. The van der Waals surface area contributed by atoms with Gasteiger partial charge in [0.25, 0.3) is 11.6 Å². The molecule has 0 aromatic heterocycles. The summed E-state index contributed by atoms with van der Waals surface area (Å²) in [6, 6.07) is 3.73. The van der Waals surface area contributed by atoms with Crippen LogP contribution in [0.5, 0.6) is 5.75 Å². The number of nitrogens with two attached hydrogens (primary N) is 1. The first-order chi connectivity index (χ1) is 8.56. The fourth-order valence-electron chi connectivity index (χ4n) is 1.23. The molecule has 1 aromatic rings. The Morgan fingerprint density at radius 3 is 2.89 bits per heavy atom. The molecule has 1 aromatic carbocycles. The number of carbonyl (C=O) groups excluding carboxylic acids is 1. The van der Waals surface area contributed by atoms with E-state index in [1.54, 1.807) is 0 Å². The van der Waals surface area contributed by atoms with E-state index >= 15 is 0 Å². The van der Waals surface area contributed by atoms with Crippen molar-refractivity contribution in [2.45, 2.75) is 0 Å². The minimum atomic E-state index is -0.698. The minimum Gasteiger partial charge on any atom is -0.505 e. The topological polar surface area (TPSA) is 128 Å². The maximum atomic E-state index is 11.4. The number of aromatic hydroxyl groups is 1. The fourth-order valence-corrected chi connectivity index (χ4v) is 1.23. The molecule has 0 saturated heterocycles. The van der Waals surface area contributed by atoms with E-state index in [-0.39, 0.29) is 36.9 Å². The zero-order valence-electron chi connectivity index (χ0n) is 9.46. The number of amides is 1. The minimum absolute atomic E-state index is 0.205. The van der Waals surface area contributed by atoms with Crippen LogP contribution in [0.1, 0.15) is 0 Å². The Morgan fingerprint density at radius 1 is 1.56 bits per heavy atom. The molecule has 0 unspecified atom stereocenters. The molecule has 0 fully saturated rings. The third-order valence-corrected chi connectivity index (χ3v) is 1.98. The van der Waals surface area contributed by atoms with E-state index in [0.29, 0.717) is 0 Å². The molecule has 18 heavy (non-hydrogen) atoms. The van der Waals surface area contributed by atoms with Gasteiger partial charge >= 0.3 is 0 Å². The highest BCUT2D eigenvalue weighted by molar-refractivity contribution is 5.95. The molecular weight excluding hydrogens is 242 g/mol. The van der Waals surface area contributed by atoms with Gasteiger partial charge in [-0.1, -0.05) is 6.07 Å². The van der Waals surface area contributed by atoms with Crippen LogP contribution in [0, 0.1) is 10.1 Å². The fraction of sp³-hybridized carbons (Fsp3) is 0.300. The summed E-state index contributed by atoms with van der Waals surface area (Å²) in [5, 5.41) is 22.4. The van der Waals surface area contributed by atoms with Crippen molar-refractivity contribution >= 4 is 17.3 Å². The molecule has 1 amide bonds. The highest BCUT2D eigenvalue weighted by atomic mass is 16.6. The molecule has 0 radical (unpaired) electrons.